The van der Waals surface area contributed by atoms with Gasteiger partial charge >= 0.3 is 0 Å². The van der Waals surface area contributed by atoms with Gasteiger partial charge in [-0.25, -0.2) is 0 Å². The first-order valence-corrected chi connectivity index (χ1v) is 12.4. The van der Waals surface area contributed by atoms with Crippen LogP contribution in [0.1, 0.15) is 38.2 Å². The molecule has 0 bridgehead atoms. The van der Waals surface area contributed by atoms with Gasteiger partial charge in [-0.05, 0) is 79.9 Å². The molecule has 2 aliphatic rings. The molecule has 1 amide bonds. The Hall–Kier alpha value is -2.37. The average molecular weight is 451 g/mol. The molecule has 0 saturated carbocycles. The van der Waals surface area contributed by atoms with Gasteiger partial charge < -0.3 is 19.7 Å². The van der Waals surface area contributed by atoms with Crippen LogP contribution in [0, 0.1) is 11.3 Å². The van der Waals surface area contributed by atoms with Crippen LogP contribution in [0.2, 0.25) is 0 Å². The molecule has 2 saturated heterocycles. The largest absolute Gasteiger partial charge is 0.497 e. The Balaban J connectivity index is 1.43. The van der Waals surface area contributed by atoms with E-state index in [-0.39, 0.29) is 5.91 Å². The minimum atomic E-state index is -0.401. The molecule has 0 unspecified atom stereocenters. The number of ether oxygens (including phenoxy) is 2. The fourth-order valence-corrected chi connectivity index (χ4v) is 5.10. The number of amides is 1. The summed E-state index contributed by atoms with van der Waals surface area (Å²) in [6.45, 7) is 7.58. The Bertz CT molecular complexity index is 915. The van der Waals surface area contributed by atoms with E-state index in [0.29, 0.717) is 13.2 Å². The van der Waals surface area contributed by atoms with E-state index in [2.05, 4.69) is 53.5 Å². The fraction of sp³-hybridized carbons (Fsp3) is 0.536. The van der Waals surface area contributed by atoms with Gasteiger partial charge in [0.1, 0.15) is 5.75 Å². The predicted octanol–water partition coefficient (Wildman–Crippen LogP) is 4.55. The van der Waals surface area contributed by atoms with Crippen LogP contribution >= 0.6 is 0 Å². The lowest BCUT2D eigenvalue weighted by molar-refractivity contribution is -0.136. The highest BCUT2D eigenvalue weighted by molar-refractivity contribution is 5.83. The van der Waals surface area contributed by atoms with E-state index >= 15 is 0 Å². The van der Waals surface area contributed by atoms with Crippen molar-refractivity contribution in [3.05, 3.63) is 54.1 Å². The maximum Gasteiger partial charge on any atom is 0.226 e. The highest BCUT2D eigenvalue weighted by Crippen LogP contribution is 2.36. The molecular weight excluding hydrogens is 412 g/mol. The summed E-state index contributed by atoms with van der Waals surface area (Å²) in [5.74, 6) is 1.86. The van der Waals surface area contributed by atoms with Crippen LogP contribution in [-0.4, -0.2) is 57.3 Å². The summed E-state index contributed by atoms with van der Waals surface area (Å²) in [5, 5.41) is 3.28. The third kappa shape index (κ3) is 6.15. The smallest absolute Gasteiger partial charge is 0.226 e. The van der Waals surface area contributed by atoms with Gasteiger partial charge in [-0.2, -0.15) is 0 Å². The first-order valence-electron chi connectivity index (χ1n) is 12.4. The number of rotatable bonds is 8. The number of hydrogen-bond donors (Lipinski definition) is 1. The molecule has 2 aliphatic heterocycles. The van der Waals surface area contributed by atoms with E-state index < -0.39 is 5.41 Å². The molecule has 178 valence electrons. The Morgan fingerprint density at radius 2 is 1.79 bits per heavy atom. The zero-order chi connectivity index (χ0) is 23.1. The summed E-state index contributed by atoms with van der Waals surface area (Å²) in [7, 11) is 1.69. The Kier molecular flexibility index (Phi) is 8.05. The predicted molar refractivity (Wildman–Crippen MR) is 132 cm³/mol. The molecule has 2 fully saturated rings. The fourth-order valence-electron chi connectivity index (χ4n) is 5.10. The van der Waals surface area contributed by atoms with Gasteiger partial charge in [0.25, 0.3) is 0 Å². The number of carbonyl (C=O) groups excluding carboxylic acids is 1. The number of nitrogens with zero attached hydrogens (tertiary/aromatic N) is 1. The summed E-state index contributed by atoms with van der Waals surface area (Å²) in [6.07, 6.45) is 4.80. The molecule has 33 heavy (non-hydrogen) atoms. The highest BCUT2D eigenvalue weighted by atomic mass is 16.5. The summed E-state index contributed by atoms with van der Waals surface area (Å²) in [5.41, 5.74) is 3.06. The SMILES string of the molecule is COc1cccc(-c2cccc(CC3(C(=O)NCCN4CCC(C)CC4)CCOCC3)c2)c1. The molecule has 2 aromatic rings. The second-order valence-electron chi connectivity index (χ2n) is 9.78. The third-order valence-corrected chi connectivity index (χ3v) is 7.39. The molecule has 4 rings (SSSR count). The van der Waals surface area contributed by atoms with Crippen LogP contribution in [0.4, 0.5) is 0 Å². The average Bonchev–Trinajstić information content (AvgIpc) is 2.86. The first kappa shape index (κ1) is 23.8. The van der Waals surface area contributed by atoms with E-state index in [0.717, 1.165) is 68.2 Å². The number of hydrogen-bond acceptors (Lipinski definition) is 4. The maximum absolute atomic E-state index is 13.5. The number of benzene rings is 2. The molecular formula is C28H38N2O3. The topological polar surface area (TPSA) is 50.8 Å². The standard InChI is InChI=1S/C28H38N2O3/c1-22-9-14-30(15-10-22)16-13-29-27(31)28(11-17-33-18-12-28)21-23-5-3-6-24(19-23)25-7-4-8-26(20-25)32-2/h3-8,19-20,22H,9-18,21H2,1-2H3,(H,29,31). The molecule has 2 aromatic carbocycles. The lowest BCUT2D eigenvalue weighted by Gasteiger charge is -2.36. The first-order chi connectivity index (χ1) is 16.1. The number of methoxy groups -OCH3 is 1. The van der Waals surface area contributed by atoms with Gasteiger partial charge in [0, 0.05) is 26.3 Å². The van der Waals surface area contributed by atoms with Gasteiger partial charge in [-0.15, -0.1) is 0 Å². The molecule has 5 nitrogen and oxygen atoms in total. The van der Waals surface area contributed by atoms with Crippen LogP contribution in [0.15, 0.2) is 48.5 Å². The second kappa shape index (κ2) is 11.2. The number of carbonyl (C=O) groups is 1. The van der Waals surface area contributed by atoms with E-state index in [1.807, 2.05) is 12.1 Å². The molecule has 0 aromatic heterocycles. The van der Waals surface area contributed by atoms with Crippen molar-refractivity contribution in [2.75, 3.05) is 46.5 Å². The Morgan fingerprint density at radius 1 is 1.09 bits per heavy atom. The van der Waals surface area contributed by atoms with Crippen molar-refractivity contribution in [1.29, 1.82) is 0 Å². The number of likely N-dealkylation sites (tertiary alicyclic amines) is 1. The van der Waals surface area contributed by atoms with E-state index in [1.54, 1.807) is 7.11 Å². The van der Waals surface area contributed by atoms with E-state index in [9.17, 15) is 4.79 Å². The van der Waals surface area contributed by atoms with Gasteiger partial charge in [0.2, 0.25) is 5.91 Å². The van der Waals surface area contributed by atoms with Crippen molar-refractivity contribution in [3.8, 4) is 16.9 Å². The number of nitrogens with one attached hydrogen (secondary N) is 1. The summed E-state index contributed by atoms with van der Waals surface area (Å²) < 4.78 is 11.0. The van der Waals surface area contributed by atoms with Gasteiger partial charge in [-0.1, -0.05) is 43.3 Å². The van der Waals surface area contributed by atoms with E-state index in [1.165, 1.54) is 18.4 Å². The lowest BCUT2D eigenvalue weighted by Crippen LogP contribution is -2.48. The normalized spacial score (nSPS) is 19.2. The summed E-state index contributed by atoms with van der Waals surface area (Å²) >= 11 is 0. The van der Waals surface area contributed by atoms with Crippen molar-refractivity contribution >= 4 is 5.91 Å². The zero-order valence-corrected chi connectivity index (χ0v) is 20.1. The van der Waals surface area contributed by atoms with Gasteiger partial charge in [0.15, 0.2) is 0 Å². The molecule has 0 spiro atoms. The minimum Gasteiger partial charge on any atom is -0.497 e. The third-order valence-electron chi connectivity index (χ3n) is 7.39. The maximum atomic E-state index is 13.5. The van der Waals surface area contributed by atoms with Crippen LogP contribution in [0.5, 0.6) is 5.75 Å². The van der Waals surface area contributed by atoms with Gasteiger partial charge in [0.05, 0.1) is 12.5 Å². The van der Waals surface area contributed by atoms with Crippen LogP contribution in [0.25, 0.3) is 11.1 Å². The van der Waals surface area contributed by atoms with Crippen molar-refractivity contribution in [1.82, 2.24) is 10.2 Å². The van der Waals surface area contributed by atoms with E-state index in [4.69, 9.17) is 9.47 Å². The molecule has 0 atom stereocenters. The highest BCUT2D eigenvalue weighted by Gasteiger charge is 2.40. The van der Waals surface area contributed by atoms with Crippen molar-refractivity contribution < 1.29 is 14.3 Å². The molecule has 1 N–H and O–H groups in total. The molecule has 5 heteroatoms. The van der Waals surface area contributed by atoms with Gasteiger partial charge in [-0.3, -0.25) is 4.79 Å². The second-order valence-corrected chi connectivity index (χ2v) is 9.78. The van der Waals surface area contributed by atoms with Crippen LogP contribution in [0.3, 0.4) is 0 Å². The molecule has 2 heterocycles. The minimum absolute atomic E-state index is 0.183. The monoisotopic (exact) mass is 450 g/mol. The van der Waals surface area contributed by atoms with Crippen molar-refractivity contribution in [2.45, 2.75) is 39.0 Å². The Morgan fingerprint density at radius 3 is 2.52 bits per heavy atom. The Labute approximate surface area is 198 Å². The van der Waals surface area contributed by atoms with Crippen molar-refractivity contribution in [3.63, 3.8) is 0 Å². The molecule has 0 aliphatic carbocycles. The molecule has 0 radical (unpaired) electrons. The van der Waals surface area contributed by atoms with Crippen LogP contribution < -0.4 is 10.1 Å². The van der Waals surface area contributed by atoms with Crippen molar-refractivity contribution in [2.24, 2.45) is 11.3 Å². The lowest BCUT2D eigenvalue weighted by atomic mass is 9.74. The number of piperidine rings is 1. The van der Waals surface area contributed by atoms with Crippen LogP contribution in [-0.2, 0) is 16.0 Å². The summed E-state index contributed by atoms with van der Waals surface area (Å²) in [4.78, 5) is 15.9. The quantitative estimate of drug-likeness (QED) is 0.641. The zero-order valence-electron chi connectivity index (χ0n) is 20.1. The summed E-state index contributed by atoms with van der Waals surface area (Å²) in [6, 6.07) is 16.7.